The number of benzene rings is 1. The van der Waals surface area contributed by atoms with Crippen LogP contribution in [0.5, 0.6) is 0 Å². The van der Waals surface area contributed by atoms with Gasteiger partial charge >= 0.3 is 0 Å². The number of halogens is 1. The van der Waals surface area contributed by atoms with Crippen LogP contribution >= 0.6 is 11.8 Å². The molecule has 0 aromatic heterocycles. The van der Waals surface area contributed by atoms with Crippen LogP contribution in [-0.2, 0) is 6.61 Å². The molecule has 0 saturated carbocycles. The summed E-state index contributed by atoms with van der Waals surface area (Å²) in [6.45, 7) is 0.0757. The van der Waals surface area contributed by atoms with Crippen LogP contribution in [0.3, 0.4) is 0 Å². The first-order valence-corrected chi connectivity index (χ1v) is 3.67. The van der Waals surface area contributed by atoms with Crippen molar-refractivity contribution in [3.63, 3.8) is 0 Å². The summed E-state index contributed by atoms with van der Waals surface area (Å²) >= 11 is 5.67. The van der Waals surface area contributed by atoms with Crippen molar-refractivity contribution in [1.82, 2.24) is 0 Å². The molecule has 0 unspecified atom stereocenters. The maximum absolute atomic E-state index is 8.72. The Labute approximate surface area is 71.1 Å². The molecule has 0 atom stereocenters. The normalized spacial score (nSPS) is 9.73. The third-order valence-electron chi connectivity index (χ3n) is 1.47. The summed E-state index contributed by atoms with van der Waals surface area (Å²) in [4.78, 5) is 0. The zero-order valence-corrected chi connectivity index (χ0v) is 7.04. The molecule has 0 fully saturated rings. The van der Waals surface area contributed by atoms with Crippen LogP contribution in [0.25, 0.3) is 0 Å². The lowest BCUT2D eigenvalue weighted by molar-refractivity contribution is 0.282. The lowest BCUT2D eigenvalue weighted by Gasteiger charge is -2.08. The molecule has 0 saturated heterocycles. The molecule has 0 aliphatic heterocycles. The van der Waals surface area contributed by atoms with Crippen LogP contribution in [0.1, 0.15) is 5.56 Å². The Morgan fingerprint density at radius 3 is 2.27 bits per heavy atom. The molecule has 0 radical (unpaired) electrons. The van der Waals surface area contributed by atoms with Gasteiger partial charge in [0, 0.05) is 18.8 Å². The highest BCUT2D eigenvalue weighted by atomic mass is 35.5. The molecule has 3 heteroatoms. The van der Waals surface area contributed by atoms with Crippen molar-refractivity contribution >= 4 is 17.5 Å². The zero-order valence-electron chi connectivity index (χ0n) is 6.29. The van der Waals surface area contributed by atoms with E-state index in [1.54, 1.807) is 7.05 Å². The SMILES string of the molecule is CN(Cl)c1ccc(CO)cc1. The molecule has 1 aromatic carbocycles. The Morgan fingerprint density at radius 2 is 1.91 bits per heavy atom. The minimum atomic E-state index is 0.0757. The van der Waals surface area contributed by atoms with E-state index in [1.165, 1.54) is 4.42 Å². The van der Waals surface area contributed by atoms with Gasteiger partial charge in [-0.25, -0.2) is 0 Å². The summed E-state index contributed by atoms with van der Waals surface area (Å²) in [6.07, 6.45) is 0. The highest BCUT2D eigenvalue weighted by Gasteiger charge is 1.95. The van der Waals surface area contributed by atoms with Crippen molar-refractivity contribution in [2.45, 2.75) is 6.61 Å². The van der Waals surface area contributed by atoms with Crippen LogP contribution in [0.15, 0.2) is 24.3 Å². The molecule has 11 heavy (non-hydrogen) atoms. The highest BCUT2D eigenvalue weighted by molar-refractivity contribution is 6.25. The van der Waals surface area contributed by atoms with Gasteiger partial charge in [0.25, 0.3) is 0 Å². The highest BCUT2D eigenvalue weighted by Crippen LogP contribution is 2.14. The minimum absolute atomic E-state index is 0.0757. The molecule has 0 amide bonds. The topological polar surface area (TPSA) is 23.5 Å². The number of rotatable bonds is 2. The second kappa shape index (κ2) is 3.60. The Morgan fingerprint density at radius 1 is 1.36 bits per heavy atom. The van der Waals surface area contributed by atoms with Crippen LogP contribution in [0.4, 0.5) is 5.69 Å². The zero-order chi connectivity index (χ0) is 8.27. The van der Waals surface area contributed by atoms with Gasteiger partial charge in [-0.2, -0.15) is 0 Å². The van der Waals surface area contributed by atoms with Crippen molar-refractivity contribution in [3.8, 4) is 0 Å². The smallest absolute Gasteiger partial charge is 0.0681 e. The summed E-state index contributed by atoms with van der Waals surface area (Å²) in [6, 6.07) is 7.40. The molecular formula is C8H10ClNO. The van der Waals surface area contributed by atoms with E-state index in [1.807, 2.05) is 24.3 Å². The molecule has 1 aromatic rings. The summed E-state index contributed by atoms with van der Waals surface area (Å²) in [5.74, 6) is 0. The van der Waals surface area contributed by atoms with Crippen molar-refractivity contribution in [1.29, 1.82) is 0 Å². The summed E-state index contributed by atoms with van der Waals surface area (Å²) in [7, 11) is 1.76. The molecule has 0 heterocycles. The molecule has 0 spiro atoms. The van der Waals surface area contributed by atoms with E-state index in [2.05, 4.69) is 0 Å². The lowest BCUT2D eigenvalue weighted by atomic mass is 10.2. The Balaban J connectivity index is 2.83. The van der Waals surface area contributed by atoms with E-state index in [0.29, 0.717) is 0 Å². The fraction of sp³-hybridized carbons (Fsp3) is 0.250. The first kappa shape index (κ1) is 8.37. The third kappa shape index (κ3) is 2.10. The van der Waals surface area contributed by atoms with Crippen molar-refractivity contribution < 1.29 is 5.11 Å². The van der Waals surface area contributed by atoms with Crippen LogP contribution in [0.2, 0.25) is 0 Å². The minimum Gasteiger partial charge on any atom is -0.392 e. The number of hydrogen-bond donors (Lipinski definition) is 1. The van der Waals surface area contributed by atoms with Gasteiger partial charge in [-0.15, -0.1) is 0 Å². The van der Waals surface area contributed by atoms with E-state index < -0.39 is 0 Å². The molecule has 0 aliphatic rings. The van der Waals surface area contributed by atoms with E-state index >= 15 is 0 Å². The number of nitrogens with zero attached hydrogens (tertiary/aromatic N) is 1. The van der Waals surface area contributed by atoms with Crippen LogP contribution in [0, 0.1) is 0 Å². The predicted octanol–water partition coefficient (Wildman–Crippen LogP) is 1.77. The maximum atomic E-state index is 8.72. The molecule has 60 valence electrons. The number of anilines is 1. The van der Waals surface area contributed by atoms with Gasteiger partial charge in [-0.3, -0.25) is 4.42 Å². The van der Waals surface area contributed by atoms with Crippen molar-refractivity contribution in [3.05, 3.63) is 29.8 Å². The molecule has 0 aliphatic carbocycles. The first-order chi connectivity index (χ1) is 5.24. The molecule has 1 rings (SSSR count). The van der Waals surface area contributed by atoms with Gasteiger partial charge < -0.3 is 5.11 Å². The average molecular weight is 172 g/mol. The maximum Gasteiger partial charge on any atom is 0.0681 e. The quantitative estimate of drug-likeness (QED) is 0.686. The van der Waals surface area contributed by atoms with E-state index in [-0.39, 0.29) is 6.61 Å². The Kier molecular flexibility index (Phi) is 2.74. The summed E-state index contributed by atoms with van der Waals surface area (Å²) in [5.41, 5.74) is 1.82. The predicted molar refractivity (Wildman–Crippen MR) is 46.6 cm³/mol. The molecular weight excluding hydrogens is 162 g/mol. The van der Waals surface area contributed by atoms with Gasteiger partial charge in [0.15, 0.2) is 0 Å². The number of aliphatic hydroxyl groups is 1. The van der Waals surface area contributed by atoms with Crippen LogP contribution < -0.4 is 4.42 Å². The van der Waals surface area contributed by atoms with Crippen molar-refractivity contribution in [2.75, 3.05) is 11.5 Å². The lowest BCUT2D eigenvalue weighted by Crippen LogP contribution is -1.99. The van der Waals surface area contributed by atoms with Gasteiger partial charge in [-0.05, 0) is 17.7 Å². The van der Waals surface area contributed by atoms with Gasteiger partial charge in [0.1, 0.15) is 0 Å². The monoisotopic (exact) mass is 171 g/mol. The Hall–Kier alpha value is -0.730. The number of aliphatic hydroxyl groups excluding tert-OH is 1. The van der Waals surface area contributed by atoms with Gasteiger partial charge in [0.2, 0.25) is 0 Å². The molecule has 2 nitrogen and oxygen atoms in total. The fourth-order valence-electron chi connectivity index (χ4n) is 0.807. The van der Waals surface area contributed by atoms with E-state index in [0.717, 1.165) is 11.3 Å². The summed E-state index contributed by atoms with van der Waals surface area (Å²) < 4.78 is 1.50. The molecule has 1 N–H and O–H groups in total. The third-order valence-corrected chi connectivity index (χ3v) is 1.67. The Bertz CT molecular complexity index is 220. The fourth-order valence-corrected chi connectivity index (χ4v) is 0.919. The summed E-state index contributed by atoms with van der Waals surface area (Å²) in [5, 5.41) is 8.72. The number of hydrogen-bond acceptors (Lipinski definition) is 2. The molecule has 0 bridgehead atoms. The standard InChI is InChI=1S/C8H10ClNO/c1-10(9)8-4-2-7(6-11)3-5-8/h2-5,11H,6H2,1H3. The van der Waals surface area contributed by atoms with E-state index in [4.69, 9.17) is 16.9 Å². The second-order valence-electron chi connectivity index (χ2n) is 2.30. The van der Waals surface area contributed by atoms with Crippen molar-refractivity contribution in [2.24, 2.45) is 0 Å². The van der Waals surface area contributed by atoms with Gasteiger partial charge in [-0.1, -0.05) is 12.1 Å². The largest absolute Gasteiger partial charge is 0.392 e. The first-order valence-electron chi connectivity index (χ1n) is 3.33. The average Bonchev–Trinajstić information content (AvgIpc) is 2.05. The van der Waals surface area contributed by atoms with Gasteiger partial charge in [0.05, 0.1) is 12.3 Å². The van der Waals surface area contributed by atoms with Crippen LogP contribution in [-0.4, -0.2) is 12.2 Å². The van der Waals surface area contributed by atoms with E-state index in [9.17, 15) is 0 Å². The second-order valence-corrected chi connectivity index (χ2v) is 2.81.